The molecule has 0 saturated carbocycles. The van der Waals surface area contributed by atoms with Gasteiger partial charge < -0.3 is 89.9 Å². The van der Waals surface area contributed by atoms with Gasteiger partial charge in [0.2, 0.25) is 5.91 Å². The molecule has 3 aliphatic heterocycles. The average Bonchev–Trinajstić information content (AvgIpc) is 3.07. The lowest BCUT2D eigenvalue weighted by atomic mass is 9.96. The van der Waals surface area contributed by atoms with Gasteiger partial charge in [0.15, 0.2) is 18.9 Å². The monoisotopic (exact) mass is 1210 g/mol. The van der Waals surface area contributed by atoms with E-state index in [1.807, 2.05) is 6.08 Å². The third-order valence-corrected chi connectivity index (χ3v) is 16.6. The molecule has 3 saturated heterocycles. The molecule has 0 aromatic rings. The molecule has 3 rings (SSSR count). The number of hydrogen-bond acceptors (Lipinski definition) is 18. The van der Waals surface area contributed by atoms with Crippen LogP contribution >= 0.6 is 0 Å². The molecule has 0 aromatic carbocycles. The second kappa shape index (κ2) is 48.6. The summed E-state index contributed by atoms with van der Waals surface area (Å²) in [4.78, 5) is 13.4. The molecule has 1 amide bonds. The fourth-order valence-electron chi connectivity index (χ4n) is 11.1. The van der Waals surface area contributed by atoms with Crippen molar-refractivity contribution < 1.29 is 89.4 Å². The number of hydrogen-bond donors (Lipinski definition) is 12. The van der Waals surface area contributed by atoms with Gasteiger partial charge in [0.25, 0.3) is 0 Å². The summed E-state index contributed by atoms with van der Waals surface area (Å²) in [5, 5.41) is 120. The minimum atomic E-state index is -1.98. The lowest BCUT2D eigenvalue weighted by Crippen LogP contribution is -2.66. The Hall–Kier alpha value is -2.25. The number of carbonyl (C=O) groups excluding carboxylic acids is 1. The molecule has 0 spiro atoms. The molecule has 0 aliphatic carbocycles. The third-order valence-electron chi connectivity index (χ3n) is 16.6. The number of aliphatic hydroxyl groups excluding tert-OH is 11. The number of aliphatic hydroxyl groups is 11. The summed E-state index contributed by atoms with van der Waals surface area (Å²) in [5.74, 6) is -0.294. The van der Waals surface area contributed by atoms with Crippen LogP contribution in [0, 0.1) is 0 Å². The second-order valence-corrected chi connectivity index (χ2v) is 23.9. The topological polar surface area (TPSA) is 307 Å². The molecular weight excluding hydrogens is 1090 g/mol. The van der Waals surface area contributed by atoms with E-state index < -0.39 is 124 Å². The van der Waals surface area contributed by atoms with Crippen LogP contribution in [-0.2, 0) is 33.2 Å². The van der Waals surface area contributed by atoms with Gasteiger partial charge in [0.05, 0.1) is 38.6 Å². The fraction of sp³-hybridized carbons (Fsp3) is 0.864. The van der Waals surface area contributed by atoms with E-state index in [-0.39, 0.29) is 18.9 Å². The molecule has 3 aliphatic rings. The maximum absolute atomic E-state index is 13.4. The van der Waals surface area contributed by atoms with Gasteiger partial charge in [-0.3, -0.25) is 4.79 Å². The smallest absolute Gasteiger partial charge is 0.220 e. The highest BCUT2D eigenvalue weighted by molar-refractivity contribution is 5.76. The van der Waals surface area contributed by atoms with Gasteiger partial charge in [-0.15, -0.1) is 0 Å². The number of nitrogens with one attached hydrogen (secondary N) is 1. The number of carbonyl (C=O) groups is 1. The number of amides is 1. The van der Waals surface area contributed by atoms with Crippen LogP contribution in [0.15, 0.2) is 48.6 Å². The van der Waals surface area contributed by atoms with Crippen molar-refractivity contribution >= 4 is 5.91 Å². The quantitative estimate of drug-likeness (QED) is 0.0204. The lowest BCUT2D eigenvalue weighted by molar-refractivity contribution is -0.379. The van der Waals surface area contributed by atoms with E-state index in [0.29, 0.717) is 12.8 Å². The molecule has 496 valence electrons. The Morgan fingerprint density at radius 1 is 0.412 bits per heavy atom. The molecule has 17 unspecified atom stereocenters. The first-order valence-electron chi connectivity index (χ1n) is 33.4. The van der Waals surface area contributed by atoms with Crippen molar-refractivity contribution in [2.24, 2.45) is 0 Å². The van der Waals surface area contributed by atoms with Gasteiger partial charge in [-0.05, 0) is 70.6 Å². The molecule has 17 atom stereocenters. The van der Waals surface area contributed by atoms with Gasteiger partial charge in [0, 0.05) is 6.42 Å². The number of rotatable bonds is 50. The first-order valence-corrected chi connectivity index (χ1v) is 33.4. The van der Waals surface area contributed by atoms with Crippen molar-refractivity contribution in [1.29, 1.82) is 0 Å². The Balaban J connectivity index is 1.49. The van der Waals surface area contributed by atoms with Crippen LogP contribution in [0.25, 0.3) is 0 Å². The summed E-state index contributed by atoms with van der Waals surface area (Å²) < 4.78 is 34.3. The Labute approximate surface area is 510 Å². The predicted octanol–water partition coefficient (Wildman–Crippen LogP) is 7.83. The van der Waals surface area contributed by atoms with Gasteiger partial charge in [0.1, 0.15) is 73.2 Å². The SMILES string of the molecule is CCCCCCCCC/C=C\CCCCCCCCCC(=O)NC(COC1OC(CO)C(OC2OC(CO)C(OC3OC(CO)C(O)C(O)C3O)C(O)C2O)C(O)C1O)C(O)/C=C/CC/C=C/CC/C=C/CCCCCCCCCCCCCC. The van der Waals surface area contributed by atoms with Gasteiger partial charge >= 0.3 is 0 Å². The van der Waals surface area contributed by atoms with Crippen LogP contribution in [0.5, 0.6) is 0 Å². The molecule has 12 N–H and O–H groups in total. The molecule has 0 bridgehead atoms. The summed E-state index contributed by atoms with van der Waals surface area (Å²) in [6.45, 7) is 1.70. The minimum Gasteiger partial charge on any atom is -0.394 e. The molecule has 3 heterocycles. The summed E-state index contributed by atoms with van der Waals surface area (Å²) in [6, 6.07) is -0.999. The average molecular weight is 1210 g/mol. The third kappa shape index (κ3) is 31.4. The number of allylic oxidation sites excluding steroid dienone is 7. The summed E-state index contributed by atoms with van der Waals surface area (Å²) in [5.41, 5.74) is 0. The highest BCUT2D eigenvalue weighted by Crippen LogP contribution is 2.33. The zero-order valence-electron chi connectivity index (χ0n) is 52.1. The molecular formula is C66H119NO18. The van der Waals surface area contributed by atoms with Crippen LogP contribution in [0.3, 0.4) is 0 Å². The van der Waals surface area contributed by atoms with Crippen LogP contribution in [-0.4, -0.2) is 193 Å². The van der Waals surface area contributed by atoms with Gasteiger partial charge in [-0.2, -0.15) is 0 Å². The highest BCUT2D eigenvalue weighted by Gasteiger charge is 2.53. The Bertz CT molecular complexity index is 1740. The summed E-state index contributed by atoms with van der Waals surface area (Å²) in [6.07, 6.45) is 29.4. The fourth-order valence-corrected chi connectivity index (χ4v) is 11.1. The van der Waals surface area contributed by atoms with E-state index in [9.17, 15) is 61.0 Å². The predicted molar refractivity (Wildman–Crippen MR) is 328 cm³/mol. The Morgan fingerprint density at radius 2 is 0.753 bits per heavy atom. The largest absolute Gasteiger partial charge is 0.394 e. The molecule has 3 fully saturated rings. The Kier molecular flexibility index (Phi) is 44.0. The molecule has 19 heteroatoms. The van der Waals surface area contributed by atoms with Crippen molar-refractivity contribution in [3.63, 3.8) is 0 Å². The van der Waals surface area contributed by atoms with Crippen molar-refractivity contribution in [1.82, 2.24) is 5.32 Å². The second-order valence-electron chi connectivity index (χ2n) is 23.9. The normalized spacial score (nSPS) is 29.3. The standard InChI is InChI=1S/C66H119NO18/c1-3-5-7-9-11-13-15-17-19-21-23-24-25-26-27-29-31-33-35-37-39-41-43-50(71)49(67-54(72)44-42-40-38-36-34-32-30-28-22-20-18-16-14-12-10-8-6-4-2)48-80-64-60(78)57(75)62(52(46-69)82-64)85-66-61(79)58(76)63(53(47-70)83-66)84-65-59(77)56(74)55(73)51(45-68)81-65/h20,22,26-27,33,35,41,43,49-53,55-66,68-71,73-79H,3-19,21,23-25,28-32,34,36-40,42,44-48H2,1-2H3,(H,67,72)/b22-20-,27-26+,35-33+,43-41+. The summed E-state index contributed by atoms with van der Waals surface area (Å²) in [7, 11) is 0. The van der Waals surface area contributed by atoms with E-state index in [2.05, 4.69) is 55.6 Å². The maximum Gasteiger partial charge on any atom is 0.220 e. The van der Waals surface area contributed by atoms with Gasteiger partial charge in [-0.1, -0.05) is 204 Å². The van der Waals surface area contributed by atoms with E-state index in [4.69, 9.17) is 28.4 Å². The minimum absolute atomic E-state index is 0.226. The van der Waals surface area contributed by atoms with Crippen LogP contribution in [0.1, 0.15) is 232 Å². The van der Waals surface area contributed by atoms with Crippen LogP contribution in [0.4, 0.5) is 0 Å². The molecule has 0 radical (unpaired) electrons. The van der Waals surface area contributed by atoms with Crippen molar-refractivity contribution in [3.05, 3.63) is 48.6 Å². The molecule has 19 nitrogen and oxygen atoms in total. The van der Waals surface area contributed by atoms with Gasteiger partial charge in [-0.25, -0.2) is 0 Å². The lowest BCUT2D eigenvalue weighted by Gasteiger charge is -2.48. The summed E-state index contributed by atoms with van der Waals surface area (Å²) >= 11 is 0. The zero-order chi connectivity index (χ0) is 61.9. The molecule has 0 aromatic heterocycles. The number of unbranched alkanes of at least 4 members (excludes halogenated alkanes) is 28. The van der Waals surface area contributed by atoms with Crippen molar-refractivity contribution in [2.75, 3.05) is 26.4 Å². The molecule has 85 heavy (non-hydrogen) atoms. The van der Waals surface area contributed by atoms with Crippen LogP contribution in [0.2, 0.25) is 0 Å². The van der Waals surface area contributed by atoms with Crippen molar-refractivity contribution in [2.45, 2.75) is 336 Å². The van der Waals surface area contributed by atoms with E-state index in [1.165, 1.54) is 141 Å². The van der Waals surface area contributed by atoms with Crippen LogP contribution < -0.4 is 5.32 Å². The number of ether oxygens (including phenoxy) is 6. The van der Waals surface area contributed by atoms with E-state index >= 15 is 0 Å². The van der Waals surface area contributed by atoms with E-state index in [1.54, 1.807) is 6.08 Å². The first kappa shape index (κ1) is 77.0. The highest BCUT2D eigenvalue weighted by atomic mass is 16.8. The zero-order valence-corrected chi connectivity index (χ0v) is 52.1. The van der Waals surface area contributed by atoms with E-state index in [0.717, 1.165) is 57.8 Å². The van der Waals surface area contributed by atoms with Crippen molar-refractivity contribution in [3.8, 4) is 0 Å². The maximum atomic E-state index is 13.4. The first-order chi connectivity index (χ1) is 41.3. The Morgan fingerprint density at radius 3 is 1.18 bits per heavy atom.